The molecule has 0 bridgehead atoms. The van der Waals surface area contributed by atoms with Gasteiger partial charge in [-0.3, -0.25) is 9.59 Å². The number of thioether (sulfide) groups is 1. The number of carboxylic acids is 1. The van der Waals surface area contributed by atoms with E-state index < -0.39 is 12.0 Å². The first-order chi connectivity index (χ1) is 11.4. The monoisotopic (exact) mass is 350 g/mol. The Kier molecular flexibility index (Phi) is 6.25. The number of hydrogen-bond acceptors (Lipinski definition) is 4. The van der Waals surface area contributed by atoms with Gasteiger partial charge in [0.1, 0.15) is 6.04 Å². The average Bonchev–Trinajstić information content (AvgIpc) is 3.04. The van der Waals surface area contributed by atoms with Crippen molar-refractivity contribution in [2.24, 2.45) is 0 Å². The minimum absolute atomic E-state index is 0.00184. The van der Waals surface area contributed by atoms with Crippen LogP contribution in [0.2, 0.25) is 0 Å². The fraction of sp³-hybridized carbons (Fsp3) is 0.471. The molecule has 0 aliphatic carbocycles. The highest BCUT2D eigenvalue weighted by Crippen LogP contribution is 2.24. The first kappa shape index (κ1) is 18.3. The van der Waals surface area contributed by atoms with Crippen LogP contribution >= 0.6 is 11.8 Å². The molecule has 2 amide bonds. The van der Waals surface area contributed by atoms with Crippen molar-refractivity contribution in [1.82, 2.24) is 4.90 Å². The summed E-state index contributed by atoms with van der Waals surface area (Å²) < 4.78 is 0. The number of amides is 2. The summed E-state index contributed by atoms with van der Waals surface area (Å²) in [5, 5.41) is 11.9. The number of carbonyl (C=O) groups excluding carboxylic acids is 2. The number of carboxylic acid groups (broad SMARTS) is 1. The van der Waals surface area contributed by atoms with E-state index in [4.69, 9.17) is 5.11 Å². The van der Waals surface area contributed by atoms with Gasteiger partial charge in [-0.25, -0.2) is 4.79 Å². The summed E-state index contributed by atoms with van der Waals surface area (Å²) in [5.74, 6) is -0.234. The van der Waals surface area contributed by atoms with Gasteiger partial charge in [-0.15, -0.1) is 11.8 Å². The average molecular weight is 350 g/mol. The van der Waals surface area contributed by atoms with Gasteiger partial charge in [-0.2, -0.15) is 0 Å². The molecule has 1 aromatic rings. The highest BCUT2D eigenvalue weighted by molar-refractivity contribution is 7.99. The fourth-order valence-corrected chi connectivity index (χ4v) is 3.66. The molecule has 24 heavy (non-hydrogen) atoms. The van der Waals surface area contributed by atoms with Gasteiger partial charge >= 0.3 is 5.97 Å². The van der Waals surface area contributed by atoms with Gasteiger partial charge < -0.3 is 15.3 Å². The van der Waals surface area contributed by atoms with Crippen LogP contribution in [0.4, 0.5) is 5.69 Å². The van der Waals surface area contributed by atoms with Gasteiger partial charge in [-0.1, -0.05) is 19.4 Å². The highest BCUT2D eigenvalue weighted by Gasteiger charge is 2.34. The van der Waals surface area contributed by atoms with E-state index in [1.807, 2.05) is 6.92 Å². The van der Waals surface area contributed by atoms with Crippen molar-refractivity contribution in [3.05, 3.63) is 29.3 Å². The molecule has 1 fully saturated rings. The molecule has 7 heteroatoms. The van der Waals surface area contributed by atoms with Gasteiger partial charge in [-0.05, 0) is 31.0 Å². The van der Waals surface area contributed by atoms with Gasteiger partial charge in [0.05, 0.1) is 11.4 Å². The van der Waals surface area contributed by atoms with E-state index in [9.17, 15) is 14.4 Å². The molecule has 1 saturated heterocycles. The first-order valence-electron chi connectivity index (χ1n) is 7.96. The molecule has 0 radical (unpaired) electrons. The molecular weight excluding hydrogens is 328 g/mol. The number of anilines is 1. The molecule has 1 aliphatic heterocycles. The van der Waals surface area contributed by atoms with Crippen LogP contribution in [-0.4, -0.2) is 45.5 Å². The SMILES string of the molecule is CCCCC(=O)N1CSCC1C(=O)Nc1cc(C(=O)O)ccc1C. The van der Waals surface area contributed by atoms with E-state index in [1.54, 1.807) is 29.7 Å². The Morgan fingerprint density at radius 3 is 2.79 bits per heavy atom. The van der Waals surface area contributed by atoms with Crippen molar-refractivity contribution < 1.29 is 19.5 Å². The second-order valence-corrected chi connectivity index (χ2v) is 6.81. The summed E-state index contributed by atoms with van der Waals surface area (Å²) in [6.07, 6.45) is 2.20. The summed E-state index contributed by atoms with van der Waals surface area (Å²) in [7, 11) is 0. The number of carbonyl (C=O) groups is 3. The predicted octanol–water partition coefficient (Wildman–Crippen LogP) is 2.72. The number of aryl methyl sites for hydroxylation is 1. The van der Waals surface area contributed by atoms with E-state index in [2.05, 4.69) is 5.32 Å². The lowest BCUT2D eigenvalue weighted by atomic mass is 10.1. The number of unbranched alkanes of at least 4 members (excludes halogenated alkanes) is 1. The van der Waals surface area contributed by atoms with Crippen LogP contribution in [0.15, 0.2) is 18.2 Å². The van der Waals surface area contributed by atoms with Gasteiger partial charge in [0.15, 0.2) is 0 Å². The van der Waals surface area contributed by atoms with Crippen LogP contribution in [0, 0.1) is 6.92 Å². The van der Waals surface area contributed by atoms with Crippen LogP contribution in [0.1, 0.15) is 42.1 Å². The summed E-state index contributed by atoms with van der Waals surface area (Å²) in [4.78, 5) is 37.5. The quantitative estimate of drug-likeness (QED) is 0.824. The van der Waals surface area contributed by atoms with E-state index in [0.29, 0.717) is 23.7 Å². The van der Waals surface area contributed by atoms with E-state index in [1.165, 1.54) is 12.1 Å². The maximum Gasteiger partial charge on any atom is 0.335 e. The second kappa shape index (κ2) is 8.19. The number of benzene rings is 1. The van der Waals surface area contributed by atoms with Crippen LogP contribution < -0.4 is 5.32 Å². The third-order valence-electron chi connectivity index (χ3n) is 3.99. The number of nitrogens with zero attached hydrogens (tertiary/aromatic N) is 1. The Morgan fingerprint density at radius 2 is 2.12 bits per heavy atom. The molecule has 1 aliphatic rings. The second-order valence-electron chi connectivity index (χ2n) is 5.81. The predicted molar refractivity (Wildman–Crippen MR) is 94.3 cm³/mol. The van der Waals surface area contributed by atoms with Crippen molar-refractivity contribution in [3.8, 4) is 0 Å². The zero-order valence-electron chi connectivity index (χ0n) is 13.9. The first-order valence-corrected chi connectivity index (χ1v) is 9.11. The highest BCUT2D eigenvalue weighted by atomic mass is 32.2. The summed E-state index contributed by atoms with van der Waals surface area (Å²) in [5.41, 5.74) is 1.37. The molecule has 1 unspecified atom stereocenters. The molecule has 1 heterocycles. The molecule has 0 spiro atoms. The lowest BCUT2D eigenvalue weighted by Crippen LogP contribution is -2.44. The number of aromatic carboxylic acids is 1. The van der Waals surface area contributed by atoms with Crippen LogP contribution in [-0.2, 0) is 9.59 Å². The molecule has 1 aromatic carbocycles. The lowest BCUT2D eigenvalue weighted by molar-refractivity contribution is -0.136. The molecular formula is C17H22N2O4S. The maximum atomic E-state index is 12.6. The van der Waals surface area contributed by atoms with Crippen LogP contribution in [0.5, 0.6) is 0 Å². The van der Waals surface area contributed by atoms with Crippen molar-refractivity contribution in [2.75, 3.05) is 16.9 Å². The Morgan fingerprint density at radius 1 is 1.38 bits per heavy atom. The lowest BCUT2D eigenvalue weighted by Gasteiger charge is -2.23. The van der Waals surface area contributed by atoms with Crippen LogP contribution in [0.25, 0.3) is 0 Å². The van der Waals surface area contributed by atoms with Crippen molar-refractivity contribution in [2.45, 2.75) is 39.2 Å². The Bertz CT molecular complexity index is 647. The number of nitrogens with one attached hydrogen (secondary N) is 1. The summed E-state index contributed by atoms with van der Waals surface area (Å²) in [6, 6.07) is 4.10. The molecule has 0 aromatic heterocycles. The Hall–Kier alpha value is -2.02. The molecule has 0 saturated carbocycles. The maximum absolute atomic E-state index is 12.6. The molecule has 2 N–H and O–H groups in total. The van der Waals surface area contributed by atoms with Crippen molar-refractivity contribution in [3.63, 3.8) is 0 Å². The molecule has 1 atom stereocenters. The van der Waals surface area contributed by atoms with Crippen LogP contribution in [0.3, 0.4) is 0 Å². The summed E-state index contributed by atoms with van der Waals surface area (Å²) >= 11 is 1.55. The van der Waals surface area contributed by atoms with Crippen molar-refractivity contribution >= 4 is 35.2 Å². The standard InChI is InChI=1S/C17H22N2O4S/c1-3-4-5-15(20)19-10-24-9-14(19)16(21)18-13-8-12(17(22)23)7-6-11(13)2/h6-8,14H,3-5,9-10H2,1-2H3,(H,18,21)(H,22,23). The third kappa shape index (κ3) is 4.29. The Balaban J connectivity index is 2.10. The van der Waals surface area contributed by atoms with Gasteiger partial charge in [0.2, 0.25) is 11.8 Å². The normalized spacial score (nSPS) is 16.9. The fourth-order valence-electron chi connectivity index (χ4n) is 2.48. The van der Waals surface area contributed by atoms with Crippen molar-refractivity contribution in [1.29, 1.82) is 0 Å². The molecule has 6 nitrogen and oxygen atoms in total. The number of hydrogen-bond donors (Lipinski definition) is 2. The van der Waals surface area contributed by atoms with E-state index >= 15 is 0 Å². The minimum Gasteiger partial charge on any atom is -0.478 e. The third-order valence-corrected chi connectivity index (χ3v) is 5.00. The smallest absolute Gasteiger partial charge is 0.335 e. The molecule has 2 rings (SSSR count). The Labute approximate surface area is 145 Å². The zero-order chi connectivity index (χ0) is 17.7. The van der Waals surface area contributed by atoms with Gasteiger partial charge in [0.25, 0.3) is 0 Å². The van der Waals surface area contributed by atoms with E-state index in [0.717, 1.165) is 18.4 Å². The molecule has 130 valence electrons. The zero-order valence-corrected chi connectivity index (χ0v) is 14.7. The number of rotatable bonds is 6. The van der Waals surface area contributed by atoms with E-state index in [-0.39, 0.29) is 17.4 Å². The minimum atomic E-state index is -1.04. The topological polar surface area (TPSA) is 86.7 Å². The largest absolute Gasteiger partial charge is 0.478 e. The van der Waals surface area contributed by atoms with Gasteiger partial charge in [0, 0.05) is 17.9 Å². The summed E-state index contributed by atoms with van der Waals surface area (Å²) in [6.45, 7) is 3.82.